The van der Waals surface area contributed by atoms with Gasteiger partial charge in [-0.05, 0) is 37.6 Å². The Labute approximate surface area is 103 Å². The Morgan fingerprint density at radius 1 is 1.00 bits per heavy atom. The summed E-state index contributed by atoms with van der Waals surface area (Å²) < 4.78 is 0. The van der Waals surface area contributed by atoms with Crippen LogP contribution in [0.2, 0.25) is 0 Å². The van der Waals surface area contributed by atoms with E-state index in [9.17, 15) is 0 Å². The van der Waals surface area contributed by atoms with Gasteiger partial charge in [0.05, 0.1) is 0 Å². The van der Waals surface area contributed by atoms with E-state index in [1.165, 1.54) is 25.9 Å². The van der Waals surface area contributed by atoms with E-state index in [1.54, 1.807) is 0 Å². The Morgan fingerprint density at radius 3 is 1.94 bits per heavy atom. The quantitative estimate of drug-likeness (QED) is 0.657. The van der Waals surface area contributed by atoms with Crippen LogP contribution in [0.4, 0.5) is 0 Å². The minimum atomic E-state index is 0.726. The zero-order valence-electron chi connectivity index (χ0n) is 12.0. The zero-order chi connectivity index (χ0) is 12.6. The van der Waals surface area contributed by atoms with E-state index < -0.39 is 0 Å². The van der Waals surface area contributed by atoms with Crippen molar-refractivity contribution in [2.24, 2.45) is 17.6 Å². The third-order valence-electron chi connectivity index (χ3n) is 3.26. The smallest absolute Gasteiger partial charge is 0.00902 e. The highest BCUT2D eigenvalue weighted by molar-refractivity contribution is 4.72. The lowest BCUT2D eigenvalue weighted by atomic mass is 10.0. The van der Waals surface area contributed by atoms with E-state index in [2.05, 4.69) is 39.5 Å². The Morgan fingerprint density at radius 2 is 1.56 bits per heavy atom. The molecule has 2 nitrogen and oxygen atoms in total. The fourth-order valence-electron chi connectivity index (χ4n) is 2.42. The fourth-order valence-corrected chi connectivity index (χ4v) is 2.42. The third kappa shape index (κ3) is 6.49. The molecule has 0 spiro atoms. The maximum Gasteiger partial charge on any atom is 0.00902 e. The Kier molecular flexibility index (Phi) is 8.96. The van der Waals surface area contributed by atoms with Gasteiger partial charge in [-0.25, -0.2) is 0 Å². The molecular weight excluding hydrogens is 196 g/mol. The molecule has 0 bridgehead atoms. The molecule has 0 aliphatic rings. The van der Waals surface area contributed by atoms with Crippen molar-refractivity contribution in [3.63, 3.8) is 0 Å². The van der Waals surface area contributed by atoms with Gasteiger partial charge in [0.25, 0.3) is 0 Å². The molecule has 0 aliphatic heterocycles. The second-order valence-corrected chi connectivity index (χ2v) is 5.50. The molecule has 2 heteroatoms. The average molecular weight is 228 g/mol. The average Bonchev–Trinajstić information content (AvgIpc) is 2.18. The van der Waals surface area contributed by atoms with Crippen LogP contribution < -0.4 is 5.73 Å². The van der Waals surface area contributed by atoms with E-state index in [1.807, 2.05) is 0 Å². The van der Waals surface area contributed by atoms with Crippen molar-refractivity contribution in [2.75, 3.05) is 19.6 Å². The lowest BCUT2D eigenvalue weighted by Crippen LogP contribution is -2.40. The van der Waals surface area contributed by atoms with Crippen molar-refractivity contribution in [1.29, 1.82) is 0 Å². The van der Waals surface area contributed by atoms with E-state index in [0.717, 1.165) is 30.8 Å². The van der Waals surface area contributed by atoms with Gasteiger partial charge in [-0.2, -0.15) is 0 Å². The van der Waals surface area contributed by atoms with Crippen LogP contribution in [0, 0.1) is 11.8 Å². The molecule has 0 aromatic heterocycles. The van der Waals surface area contributed by atoms with E-state index >= 15 is 0 Å². The van der Waals surface area contributed by atoms with Gasteiger partial charge in [-0.15, -0.1) is 0 Å². The van der Waals surface area contributed by atoms with Crippen molar-refractivity contribution >= 4 is 0 Å². The summed E-state index contributed by atoms with van der Waals surface area (Å²) in [7, 11) is 0. The van der Waals surface area contributed by atoms with Crippen molar-refractivity contribution in [2.45, 2.75) is 59.9 Å². The SMILES string of the molecule is CCC(CC)N(CC(C)C)CC(C)CCN. The molecule has 0 saturated heterocycles. The largest absolute Gasteiger partial charge is 0.330 e. The Hall–Kier alpha value is -0.0800. The zero-order valence-corrected chi connectivity index (χ0v) is 12.0. The normalized spacial score (nSPS) is 14.1. The van der Waals surface area contributed by atoms with Gasteiger partial charge in [0.15, 0.2) is 0 Å². The Balaban J connectivity index is 4.28. The molecule has 16 heavy (non-hydrogen) atoms. The van der Waals surface area contributed by atoms with Crippen LogP contribution in [0.3, 0.4) is 0 Å². The minimum absolute atomic E-state index is 0.726. The van der Waals surface area contributed by atoms with Crippen molar-refractivity contribution in [1.82, 2.24) is 4.90 Å². The summed E-state index contributed by atoms with van der Waals surface area (Å²) in [5.41, 5.74) is 5.63. The van der Waals surface area contributed by atoms with Crippen LogP contribution in [0.5, 0.6) is 0 Å². The van der Waals surface area contributed by atoms with Crippen LogP contribution >= 0.6 is 0 Å². The number of rotatable bonds is 9. The maximum atomic E-state index is 5.63. The topological polar surface area (TPSA) is 29.3 Å². The van der Waals surface area contributed by atoms with Gasteiger partial charge >= 0.3 is 0 Å². The summed E-state index contributed by atoms with van der Waals surface area (Å²) >= 11 is 0. The number of nitrogens with two attached hydrogens (primary N) is 1. The minimum Gasteiger partial charge on any atom is -0.330 e. The molecule has 0 aromatic rings. The van der Waals surface area contributed by atoms with E-state index in [-0.39, 0.29) is 0 Å². The van der Waals surface area contributed by atoms with Gasteiger partial charge < -0.3 is 5.73 Å². The third-order valence-corrected chi connectivity index (χ3v) is 3.26. The molecule has 0 radical (unpaired) electrons. The lowest BCUT2D eigenvalue weighted by molar-refractivity contribution is 0.142. The van der Waals surface area contributed by atoms with Gasteiger partial charge in [0.1, 0.15) is 0 Å². The molecule has 1 atom stereocenters. The first-order chi connectivity index (χ1) is 7.54. The summed E-state index contributed by atoms with van der Waals surface area (Å²) in [5.74, 6) is 1.48. The molecule has 0 fully saturated rings. The first-order valence-electron chi connectivity index (χ1n) is 6.99. The molecule has 1 unspecified atom stereocenters. The first kappa shape index (κ1) is 15.9. The first-order valence-corrected chi connectivity index (χ1v) is 6.99. The molecular formula is C14H32N2. The molecule has 0 aromatic carbocycles. The molecule has 0 rings (SSSR count). The number of hydrogen-bond acceptors (Lipinski definition) is 2. The molecule has 0 heterocycles. The van der Waals surface area contributed by atoms with Crippen molar-refractivity contribution < 1.29 is 0 Å². The van der Waals surface area contributed by atoms with Crippen LogP contribution in [0.15, 0.2) is 0 Å². The summed E-state index contributed by atoms with van der Waals surface area (Å²) in [6.07, 6.45) is 3.67. The van der Waals surface area contributed by atoms with Gasteiger partial charge in [0.2, 0.25) is 0 Å². The van der Waals surface area contributed by atoms with Crippen LogP contribution in [0.25, 0.3) is 0 Å². The number of nitrogens with zero attached hydrogens (tertiary/aromatic N) is 1. The highest BCUT2D eigenvalue weighted by Crippen LogP contribution is 2.15. The molecule has 0 saturated carbocycles. The summed E-state index contributed by atoms with van der Waals surface area (Å²) in [6, 6.07) is 0.752. The van der Waals surface area contributed by atoms with Crippen LogP contribution in [0.1, 0.15) is 53.9 Å². The standard InChI is InChI=1S/C14H32N2/c1-6-14(7-2)16(10-12(3)4)11-13(5)8-9-15/h12-14H,6-11,15H2,1-5H3. The van der Waals surface area contributed by atoms with E-state index in [4.69, 9.17) is 5.73 Å². The summed E-state index contributed by atoms with van der Waals surface area (Å²) in [6.45, 7) is 14.8. The van der Waals surface area contributed by atoms with E-state index in [0.29, 0.717) is 0 Å². The number of hydrogen-bond donors (Lipinski definition) is 1. The van der Waals surface area contributed by atoms with Crippen molar-refractivity contribution in [3.8, 4) is 0 Å². The van der Waals surface area contributed by atoms with Gasteiger partial charge in [0, 0.05) is 19.1 Å². The molecule has 0 aliphatic carbocycles. The molecule has 0 amide bonds. The van der Waals surface area contributed by atoms with Gasteiger partial charge in [-0.3, -0.25) is 4.90 Å². The molecule has 2 N–H and O–H groups in total. The second kappa shape index (κ2) is 9.00. The van der Waals surface area contributed by atoms with Crippen molar-refractivity contribution in [3.05, 3.63) is 0 Å². The monoisotopic (exact) mass is 228 g/mol. The summed E-state index contributed by atoms with van der Waals surface area (Å²) in [5, 5.41) is 0. The lowest BCUT2D eigenvalue weighted by Gasteiger charge is -2.34. The van der Waals surface area contributed by atoms with Crippen LogP contribution in [-0.2, 0) is 0 Å². The summed E-state index contributed by atoms with van der Waals surface area (Å²) in [4.78, 5) is 2.67. The second-order valence-electron chi connectivity index (χ2n) is 5.50. The highest BCUT2D eigenvalue weighted by atomic mass is 15.2. The molecule has 98 valence electrons. The Bertz CT molecular complexity index is 153. The highest BCUT2D eigenvalue weighted by Gasteiger charge is 2.18. The fraction of sp³-hybridized carbons (Fsp3) is 1.00. The predicted molar refractivity (Wildman–Crippen MR) is 73.6 cm³/mol. The van der Waals surface area contributed by atoms with Crippen LogP contribution in [-0.4, -0.2) is 30.6 Å². The van der Waals surface area contributed by atoms with Gasteiger partial charge in [-0.1, -0.05) is 34.6 Å². The predicted octanol–water partition coefficient (Wildman–Crippen LogP) is 3.12. The maximum absolute atomic E-state index is 5.63.